The van der Waals surface area contributed by atoms with Crippen LogP contribution < -0.4 is 4.31 Å². The first-order valence-electron chi connectivity index (χ1n) is 7.18. The van der Waals surface area contributed by atoms with Crippen molar-refractivity contribution in [3.63, 3.8) is 0 Å². The molecule has 3 rings (SSSR count). The highest BCUT2D eigenvalue weighted by Gasteiger charge is 2.26. The van der Waals surface area contributed by atoms with Crippen molar-refractivity contribution in [1.82, 2.24) is 19.7 Å². The minimum atomic E-state index is -3.76. The SMILES string of the molecule is CCn1cc(S(=O)(=O)N(C)c2cnnc3ccccc23)nc1C. The fraction of sp³-hybridized carbons (Fsp3) is 0.267. The predicted molar refractivity (Wildman–Crippen MR) is 87.8 cm³/mol. The van der Waals surface area contributed by atoms with Gasteiger partial charge in [0.25, 0.3) is 10.0 Å². The molecule has 1 aromatic carbocycles. The number of aromatic nitrogens is 4. The van der Waals surface area contributed by atoms with Crippen LogP contribution in [-0.2, 0) is 16.6 Å². The number of hydrogen-bond acceptors (Lipinski definition) is 5. The van der Waals surface area contributed by atoms with Crippen LogP contribution in [0.5, 0.6) is 0 Å². The normalized spacial score (nSPS) is 11.8. The fourth-order valence-corrected chi connectivity index (χ4v) is 3.63. The van der Waals surface area contributed by atoms with E-state index in [1.165, 1.54) is 17.5 Å². The van der Waals surface area contributed by atoms with Crippen LogP contribution in [0.15, 0.2) is 41.7 Å². The summed E-state index contributed by atoms with van der Waals surface area (Å²) < 4.78 is 28.7. The largest absolute Gasteiger partial charge is 0.334 e. The molecule has 0 N–H and O–H groups in total. The third-order valence-corrected chi connectivity index (χ3v) is 5.43. The molecule has 0 saturated heterocycles. The first-order valence-corrected chi connectivity index (χ1v) is 8.62. The molecule has 0 bridgehead atoms. The lowest BCUT2D eigenvalue weighted by molar-refractivity contribution is 0.591. The zero-order valence-corrected chi connectivity index (χ0v) is 13.9. The lowest BCUT2D eigenvalue weighted by atomic mass is 10.2. The second kappa shape index (κ2) is 5.62. The molecule has 0 unspecified atom stereocenters. The van der Waals surface area contributed by atoms with E-state index in [1.54, 1.807) is 23.8 Å². The van der Waals surface area contributed by atoms with Crippen molar-refractivity contribution in [2.75, 3.05) is 11.4 Å². The van der Waals surface area contributed by atoms with E-state index in [0.717, 1.165) is 5.39 Å². The molecule has 0 spiro atoms. The third kappa shape index (κ3) is 2.55. The first-order chi connectivity index (χ1) is 10.9. The molecule has 2 heterocycles. The number of anilines is 1. The molecular formula is C15H17N5O2S. The minimum absolute atomic E-state index is 0.0280. The van der Waals surface area contributed by atoms with Crippen molar-refractivity contribution >= 4 is 26.6 Å². The summed E-state index contributed by atoms with van der Waals surface area (Å²) in [6.45, 7) is 4.39. The van der Waals surface area contributed by atoms with Crippen LogP contribution >= 0.6 is 0 Å². The molecule has 0 aliphatic rings. The van der Waals surface area contributed by atoms with Gasteiger partial charge < -0.3 is 4.57 Å². The van der Waals surface area contributed by atoms with E-state index in [-0.39, 0.29) is 5.03 Å². The number of aryl methyl sites for hydroxylation is 2. The number of sulfonamides is 1. The highest BCUT2D eigenvalue weighted by atomic mass is 32.2. The number of benzene rings is 1. The van der Waals surface area contributed by atoms with Crippen molar-refractivity contribution in [2.45, 2.75) is 25.4 Å². The Morgan fingerprint density at radius 1 is 1.26 bits per heavy atom. The second-order valence-electron chi connectivity index (χ2n) is 5.13. The Balaban J connectivity index is 2.12. The molecule has 0 amide bonds. The van der Waals surface area contributed by atoms with Gasteiger partial charge in [0, 0.05) is 25.2 Å². The van der Waals surface area contributed by atoms with E-state index < -0.39 is 10.0 Å². The van der Waals surface area contributed by atoms with Gasteiger partial charge in [-0.3, -0.25) is 4.31 Å². The van der Waals surface area contributed by atoms with E-state index in [0.29, 0.717) is 23.6 Å². The molecule has 0 aliphatic heterocycles. The monoisotopic (exact) mass is 331 g/mol. The molecule has 0 aliphatic carbocycles. The van der Waals surface area contributed by atoms with Gasteiger partial charge in [-0.15, -0.1) is 0 Å². The van der Waals surface area contributed by atoms with Gasteiger partial charge in [0.2, 0.25) is 0 Å². The zero-order valence-electron chi connectivity index (χ0n) is 13.1. The summed E-state index contributed by atoms with van der Waals surface area (Å²) in [7, 11) is -2.26. The molecule has 0 atom stereocenters. The summed E-state index contributed by atoms with van der Waals surface area (Å²) in [4.78, 5) is 4.18. The summed E-state index contributed by atoms with van der Waals surface area (Å²) >= 11 is 0. The molecule has 0 radical (unpaired) electrons. The van der Waals surface area contributed by atoms with E-state index in [2.05, 4.69) is 15.2 Å². The Hall–Kier alpha value is -2.48. The van der Waals surface area contributed by atoms with Crippen LogP contribution in [0.1, 0.15) is 12.7 Å². The van der Waals surface area contributed by atoms with Crippen molar-refractivity contribution in [2.24, 2.45) is 0 Å². The number of nitrogens with zero attached hydrogens (tertiary/aromatic N) is 5. The van der Waals surface area contributed by atoms with Crippen molar-refractivity contribution in [3.8, 4) is 0 Å². The van der Waals surface area contributed by atoms with Gasteiger partial charge in [-0.05, 0) is 19.9 Å². The maximum absolute atomic E-state index is 12.9. The van der Waals surface area contributed by atoms with Gasteiger partial charge in [-0.2, -0.15) is 18.6 Å². The highest BCUT2D eigenvalue weighted by molar-refractivity contribution is 7.92. The number of fused-ring (bicyclic) bond motifs is 1. The van der Waals surface area contributed by atoms with Crippen LogP contribution in [-0.4, -0.2) is 35.2 Å². The second-order valence-corrected chi connectivity index (χ2v) is 7.05. The Labute approximate surface area is 134 Å². The van der Waals surface area contributed by atoms with Crippen LogP contribution in [0.2, 0.25) is 0 Å². The standard InChI is InChI=1S/C15H17N5O2S/c1-4-20-10-15(17-11(20)2)23(21,22)19(3)14-9-16-18-13-8-6-5-7-12(13)14/h5-10H,4H2,1-3H3. The summed E-state index contributed by atoms with van der Waals surface area (Å²) in [6, 6.07) is 7.29. The Morgan fingerprint density at radius 2 is 2.00 bits per heavy atom. The topological polar surface area (TPSA) is 81.0 Å². The average Bonchev–Trinajstić information content (AvgIpc) is 2.95. The highest BCUT2D eigenvalue weighted by Crippen LogP contribution is 2.27. The average molecular weight is 331 g/mol. The van der Waals surface area contributed by atoms with E-state index in [1.807, 2.05) is 25.1 Å². The Bertz CT molecular complexity index is 960. The quantitative estimate of drug-likeness (QED) is 0.730. The van der Waals surface area contributed by atoms with Crippen LogP contribution in [0.25, 0.3) is 10.9 Å². The molecule has 120 valence electrons. The lowest BCUT2D eigenvalue weighted by Crippen LogP contribution is -2.27. The number of imidazole rings is 1. The van der Waals surface area contributed by atoms with Gasteiger partial charge in [-0.25, -0.2) is 4.98 Å². The molecule has 8 heteroatoms. The summed E-state index contributed by atoms with van der Waals surface area (Å²) in [5.74, 6) is 0.664. The molecule has 0 fully saturated rings. The fourth-order valence-electron chi connectivity index (χ4n) is 2.44. The molecule has 23 heavy (non-hydrogen) atoms. The summed E-state index contributed by atoms with van der Waals surface area (Å²) in [6.07, 6.45) is 3.00. The van der Waals surface area contributed by atoms with Crippen LogP contribution in [0, 0.1) is 6.92 Å². The molecule has 0 saturated carbocycles. The molecule has 7 nitrogen and oxygen atoms in total. The predicted octanol–water partition coefficient (Wildman–Crippen LogP) is 1.98. The van der Waals surface area contributed by atoms with Gasteiger partial charge in [0.05, 0.1) is 17.4 Å². The zero-order chi connectivity index (χ0) is 16.6. The molecule has 2 aromatic heterocycles. The summed E-state index contributed by atoms with van der Waals surface area (Å²) in [5, 5.41) is 8.67. The molecular weight excluding hydrogens is 314 g/mol. The lowest BCUT2D eigenvalue weighted by Gasteiger charge is -2.18. The van der Waals surface area contributed by atoms with Crippen LogP contribution in [0.3, 0.4) is 0 Å². The third-order valence-electron chi connectivity index (χ3n) is 3.78. The van der Waals surface area contributed by atoms with Gasteiger partial charge in [-0.1, -0.05) is 18.2 Å². The summed E-state index contributed by atoms with van der Waals surface area (Å²) in [5.41, 5.74) is 1.11. The van der Waals surface area contributed by atoms with E-state index in [9.17, 15) is 8.42 Å². The number of rotatable bonds is 4. The van der Waals surface area contributed by atoms with Gasteiger partial charge >= 0.3 is 0 Å². The van der Waals surface area contributed by atoms with Gasteiger partial charge in [0.15, 0.2) is 5.03 Å². The van der Waals surface area contributed by atoms with Gasteiger partial charge in [0.1, 0.15) is 5.82 Å². The van der Waals surface area contributed by atoms with E-state index in [4.69, 9.17) is 0 Å². The number of hydrogen-bond donors (Lipinski definition) is 0. The molecule has 3 aromatic rings. The van der Waals surface area contributed by atoms with Crippen molar-refractivity contribution in [3.05, 3.63) is 42.5 Å². The van der Waals surface area contributed by atoms with Crippen LogP contribution in [0.4, 0.5) is 5.69 Å². The maximum Gasteiger partial charge on any atom is 0.283 e. The smallest absolute Gasteiger partial charge is 0.283 e. The minimum Gasteiger partial charge on any atom is -0.334 e. The Kier molecular flexibility index (Phi) is 3.77. The van der Waals surface area contributed by atoms with Crippen molar-refractivity contribution in [1.29, 1.82) is 0 Å². The Morgan fingerprint density at radius 3 is 2.70 bits per heavy atom. The van der Waals surface area contributed by atoms with E-state index >= 15 is 0 Å². The van der Waals surface area contributed by atoms with Crippen molar-refractivity contribution < 1.29 is 8.42 Å². The first kappa shape index (κ1) is 15.4. The maximum atomic E-state index is 12.9.